The molecule has 0 N–H and O–H groups in total. The Kier molecular flexibility index (Phi) is 14.3. The van der Waals surface area contributed by atoms with Crippen molar-refractivity contribution >= 4 is 77.9 Å². The van der Waals surface area contributed by atoms with Crippen molar-refractivity contribution in [2.45, 2.75) is 35.4 Å². The van der Waals surface area contributed by atoms with Gasteiger partial charge in [0.05, 0.1) is 23.0 Å². The van der Waals surface area contributed by atoms with Gasteiger partial charge in [-0.3, -0.25) is 4.57 Å². The van der Waals surface area contributed by atoms with Crippen LogP contribution in [0.15, 0.2) is 0 Å². The standard InChI is InChI=1S/C12H21Cl6O3P/c13-5-1-11(17,2-6-14)9-20-22(19)21-10-12(18,3-7-15)4-8-16/h22H,1-10H2. The third kappa shape index (κ3) is 10.7. The number of rotatable bonds is 14. The third-order valence-corrected chi connectivity index (χ3v) is 5.56. The smallest absolute Gasteiger partial charge is 0.309 e. The molecule has 3 nitrogen and oxygen atoms in total. The van der Waals surface area contributed by atoms with E-state index in [0.717, 1.165) is 0 Å². The maximum Gasteiger partial charge on any atom is 0.319 e. The summed E-state index contributed by atoms with van der Waals surface area (Å²) >= 11 is 35.5. The average Bonchev–Trinajstić information content (AvgIpc) is 2.44. The molecule has 0 aromatic carbocycles. The van der Waals surface area contributed by atoms with Gasteiger partial charge in [0.15, 0.2) is 0 Å². The van der Waals surface area contributed by atoms with Gasteiger partial charge in [0.2, 0.25) is 0 Å². The van der Waals surface area contributed by atoms with E-state index in [1.165, 1.54) is 0 Å². The highest BCUT2D eigenvalue weighted by Gasteiger charge is 2.30. The lowest BCUT2D eigenvalue weighted by Gasteiger charge is -2.27. The Bertz CT molecular complexity index is 281. The van der Waals surface area contributed by atoms with Crippen LogP contribution in [0.3, 0.4) is 0 Å². The largest absolute Gasteiger partial charge is 0.319 e. The van der Waals surface area contributed by atoms with E-state index in [-0.39, 0.29) is 13.2 Å². The predicted molar refractivity (Wildman–Crippen MR) is 99.4 cm³/mol. The second-order valence-electron chi connectivity index (χ2n) is 4.89. The van der Waals surface area contributed by atoms with Crippen LogP contribution in [-0.2, 0) is 13.6 Å². The number of hydrogen-bond donors (Lipinski definition) is 0. The summed E-state index contributed by atoms with van der Waals surface area (Å²) in [4.78, 5) is -1.48. The zero-order chi connectivity index (χ0) is 17.1. The first-order valence-electron chi connectivity index (χ1n) is 6.76. The minimum atomic E-state index is -2.72. The van der Waals surface area contributed by atoms with Crippen LogP contribution in [0, 0.1) is 0 Å². The molecular formula is C12H21Cl6O3P. The van der Waals surface area contributed by atoms with Crippen LogP contribution >= 0.6 is 77.9 Å². The molecule has 0 aliphatic rings. The van der Waals surface area contributed by atoms with Gasteiger partial charge in [-0.05, 0) is 25.7 Å². The minimum Gasteiger partial charge on any atom is -0.309 e. The summed E-state index contributed by atoms with van der Waals surface area (Å²) in [5.41, 5.74) is 0. The Morgan fingerprint density at radius 1 is 0.682 bits per heavy atom. The lowest BCUT2D eigenvalue weighted by atomic mass is 10.0. The van der Waals surface area contributed by atoms with Crippen molar-refractivity contribution < 1.29 is 13.6 Å². The summed E-state index contributed by atoms with van der Waals surface area (Å²) in [7, 11) is -2.72. The first kappa shape index (κ1) is 23.9. The molecule has 0 saturated heterocycles. The van der Waals surface area contributed by atoms with Crippen LogP contribution in [0.25, 0.3) is 0 Å². The summed E-state index contributed by atoms with van der Waals surface area (Å²) in [6.07, 6.45) is 1.98. The Hall–Kier alpha value is 1.89. The first-order valence-corrected chi connectivity index (χ1v) is 10.9. The molecule has 0 radical (unpaired) electrons. The number of halogens is 6. The average molecular weight is 457 g/mol. The number of hydrogen-bond acceptors (Lipinski definition) is 3. The van der Waals surface area contributed by atoms with E-state index in [2.05, 4.69) is 0 Å². The molecule has 22 heavy (non-hydrogen) atoms. The maximum absolute atomic E-state index is 11.8. The Morgan fingerprint density at radius 3 is 1.18 bits per heavy atom. The summed E-state index contributed by atoms with van der Waals surface area (Å²) in [6.45, 7) is 0.0954. The molecule has 0 aliphatic heterocycles. The van der Waals surface area contributed by atoms with Crippen LogP contribution < -0.4 is 0 Å². The fourth-order valence-corrected chi connectivity index (χ4v) is 5.01. The molecule has 10 heteroatoms. The highest BCUT2D eigenvalue weighted by molar-refractivity contribution is 7.33. The maximum atomic E-state index is 11.8. The van der Waals surface area contributed by atoms with Gasteiger partial charge >= 0.3 is 8.25 Å². The van der Waals surface area contributed by atoms with E-state index >= 15 is 0 Å². The van der Waals surface area contributed by atoms with Gasteiger partial charge in [-0.2, -0.15) is 0 Å². The molecular weight excluding hydrogens is 436 g/mol. The Morgan fingerprint density at radius 2 is 0.955 bits per heavy atom. The number of alkyl halides is 6. The zero-order valence-electron chi connectivity index (χ0n) is 12.1. The Labute approximate surface area is 163 Å². The van der Waals surface area contributed by atoms with Crippen LogP contribution in [0.1, 0.15) is 25.7 Å². The fraction of sp³-hybridized carbons (Fsp3) is 1.00. The summed E-state index contributed by atoms with van der Waals surface area (Å²) in [5, 5.41) is 0. The summed E-state index contributed by atoms with van der Waals surface area (Å²) in [5.74, 6) is 1.45. The van der Waals surface area contributed by atoms with E-state index in [1.54, 1.807) is 0 Å². The van der Waals surface area contributed by atoms with Crippen molar-refractivity contribution in [3.8, 4) is 0 Å². The molecule has 0 amide bonds. The fourth-order valence-electron chi connectivity index (χ4n) is 1.63. The van der Waals surface area contributed by atoms with Gasteiger partial charge < -0.3 is 9.05 Å². The molecule has 0 fully saturated rings. The first-order chi connectivity index (χ1) is 10.3. The molecule has 0 aromatic heterocycles. The quantitative estimate of drug-likeness (QED) is 0.242. The molecule has 0 saturated carbocycles. The van der Waals surface area contributed by atoms with Gasteiger partial charge in [0.25, 0.3) is 0 Å². The van der Waals surface area contributed by atoms with Crippen LogP contribution in [0.4, 0.5) is 0 Å². The van der Waals surface area contributed by atoms with Gasteiger partial charge in [0.1, 0.15) is 0 Å². The van der Waals surface area contributed by atoms with Crippen LogP contribution in [0.2, 0.25) is 0 Å². The van der Waals surface area contributed by atoms with Gasteiger partial charge in [-0.15, -0.1) is 69.6 Å². The lowest BCUT2D eigenvalue weighted by molar-refractivity contribution is 0.185. The highest BCUT2D eigenvalue weighted by Crippen LogP contribution is 2.35. The molecule has 0 heterocycles. The minimum absolute atomic E-state index is 0.0477. The summed E-state index contributed by atoms with van der Waals surface area (Å²) < 4.78 is 22.3. The van der Waals surface area contributed by atoms with E-state index in [4.69, 9.17) is 78.7 Å². The third-order valence-electron chi connectivity index (χ3n) is 3.07. The second-order valence-corrected chi connectivity index (χ2v) is 9.08. The van der Waals surface area contributed by atoms with Crippen molar-refractivity contribution in [3.05, 3.63) is 0 Å². The predicted octanol–water partition coefficient (Wildman–Crippen LogP) is 5.88. The molecule has 0 rings (SSSR count). The van der Waals surface area contributed by atoms with E-state index in [9.17, 15) is 4.57 Å². The normalized spacial score (nSPS) is 13.0. The van der Waals surface area contributed by atoms with Crippen LogP contribution in [0.5, 0.6) is 0 Å². The molecule has 0 unspecified atom stereocenters. The van der Waals surface area contributed by atoms with Gasteiger partial charge in [0, 0.05) is 23.5 Å². The van der Waals surface area contributed by atoms with Crippen molar-refractivity contribution in [2.24, 2.45) is 0 Å². The van der Waals surface area contributed by atoms with Crippen molar-refractivity contribution in [1.29, 1.82) is 0 Å². The monoisotopic (exact) mass is 454 g/mol. The SMILES string of the molecule is O=[PH](OCC(Cl)(CCCl)CCCl)OCC(Cl)(CCCl)CCCl. The topological polar surface area (TPSA) is 35.5 Å². The molecule has 0 aromatic rings. The van der Waals surface area contributed by atoms with Crippen molar-refractivity contribution in [2.75, 3.05) is 36.7 Å². The van der Waals surface area contributed by atoms with Gasteiger partial charge in [-0.1, -0.05) is 0 Å². The molecule has 0 spiro atoms. The van der Waals surface area contributed by atoms with E-state index < -0.39 is 18.0 Å². The molecule has 0 bridgehead atoms. The van der Waals surface area contributed by atoms with Gasteiger partial charge in [-0.25, -0.2) is 0 Å². The Balaban J connectivity index is 4.31. The molecule has 0 atom stereocenters. The zero-order valence-corrected chi connectivity index (χ0v) is 17.6. The highest BCUT2D eigenvalue weighted by atomic mass is 35.5. The molecule has 134 valence electrons. The second kappa shape index (κ2) is 13.1. The van der Waals surface area contributed by atoms with Crippen LogP contribution in [-0.4, -0.2) is 46.5 Å². The molecule has 0 aliphatic carbocycles. The van der Waals surface area contributed by atoms with E-state index in [0.29, 0.717) is 49.2 Å². The summed E-state index contributed by atoms with van der Waals surface area (Å²) in [6, 6.07) is 0. The van der Waals surface area contributed by atoms with Crippen molar-refractivity contribution in [1.82, 2.24) is 0 Å². The van der Waals surface area contributed by atoms with E-state index in [1.807, 2.05) is 0 Å². The van der Waals surface area contributed by atoms with Crippen molar-refractivity contribution in [3.63, 3.8) is 0 Å². The lowest BCUT2D eigenvalue weighted by Crippen LogP contribution is -2.30.